The lowest BCUT2D eigenvalue weighted by Crippen LogP contribution is -2.44. The van der Waals surface area contributed by atoms with E-state index in [-0.39, 0.29) is 0 Å². The predicted molar refractivity (Wildman–Crippen MR) is 134 cm³/mol. The Kier molecular flexibility index (Phi) is 5.99. The maximum absolute atomic E-state index is 10.9. The average molecular weight is 473 g/mol. The molecule has 5 heterocycles. The molecule has 1 atom stereocenters. The molecule has 1 unspecified atom stereocenters. The van der Waals surface area contributed by atoms with E-state index < -0.39 is 6.10 Å². The summed E-state index contributed by atoms with van der Waals surface area (Å²) in [6.45, 7) is 6.67. The summed E-state index contributed by atoms with van der Waals surface area (Å²) < 4.78 is 5.48. The van der Waals surface area contributed by atoms with Crippen LogP contribution in [0.1, 0.15) is 17.2 Å². The van der Waals surface area contributed by atoms with Crippen LogP contribution < -0.4 is 15.1 Å². The molecule has 4 aromatic rings. The summed E-state index contributed by atoms with van der Waals surface area (Å²) >= 11 is 0. The van der Waals surface area contributed by atoms with Crippen molar-refractivity contribution >= 4 is 22.8 Å². The molecular weight excluding hydrogens is 444 g/mol. The molecule has 3 aromatic heterocycles. The van der Waals surface area contributed by atoms with Gasteiger partial charge in [0.2, 0.25) is 5.95 Å². The van der Waals surface area contributed by atoms with E-state index >= 15 is 0 Å². The van der Waals surface area contributed by atoms with Crippen LogP contribution in [0.4, 0.5) is 11.8 Å². The number of hydrogen-bond acceptors (Lipinski definition) is 9. The summed E-state index contributed by atoms with van der Waals surface area (Å²) in [7, 11) is 0. The van der Waals surface area contributed by atoms with Crippen LogP contribution in [0.25, 0.3) is 22.3 Å². The van der Waals surface area contributed by atoms with Crippen LogP contribution in [0.2, 0.25) is 0 Å². The highest BCUT2D eigenvalue weighted by atomic mass is 16.5. The Balaban J connectivity index is 1.20. The van der Waals surface area contributed by atoms with Crippen LogP contribution in [0, 0.1) is 0 Å². The summed E-state index contributed by atoms with van der Waals surface area (Å²) in [6, 6.07) is 9.96. The molecule has 0 spiro atoms. The number of fused-ring (bicyclic) bond motifs is 1. The summed E-state index contributed by atoms with van der Waals surface area (Å²) in [4.78, 5) is 25.7. The number of aromatic amines is 1. The number of aliphatic hydroxyl groups excluding tert-OH is 1. The van der Waals surface area contributed by atoms with Crippen molar-refractivity contribution in [2.75, 3.05) is 62.3 Å². The van der Waals surface area contributed by atoms with E-state index in [0.717, 1.165) is 72.9 Å². The van der Waals surface area contributed by atoms with Gasteiger partial charge in [-0.2, -0.15) is 0 Å². The maximum atomic E-state index is 10.9. The quantitative estimate of drug-likeness (QED) is 0.399. The number of H-pyrrole nitrogens is 1. The van der Waals surface area contributed by atoms with Gasteiger partial charge in [0.05, 0.1) is 18.6 Å². The van der Waals surface area contributed by atoms with Crippen LogP contribution in [0.5, 0.6) is 0 Å². The van der Waals surface area contributed by atoms with Gasteiger partial charge in [-0.25, -0.2) is 19.9 Å². The van der Waals surface area contributed by atoms with Crippen molar-refractivity contribution in [1.82, 2.24) is 30.2 Å². The van der Waals surface area contributed by atoms with Gasteiger partial charge in [0, 0.05) is 62.9 Å². The number of benzene rings is 1. The van der Waals surface area contributed by atoms with Crippen LogP contribution in [0.3, 0.4) is 0 Å². The Morgan fingerprint density at radius 2 is 1.60 bits per heavy atom. The Bertz CT molecular complexity index is 1280. The number of aromatic nitrogens is 5. The normalized spacial score (nSPS) is 17.6. The van der Waals surface area contributed by atoms with Crippen molar-refractivity contribution in [2.45, 2.75) is 6.10 Å². The molecule has 0 radical (unpaired) electrons. The number of nitrogens with one attached hydrogen (secondary N) is 2. The largest absolute Gasteiger partial charge is 0.384 e. The Morgan fingerprint density at radius 1 is 0.857 bits per heavy atom. The molecule has 2 saturated heterocycles. The molecule has 180 valence electrons. The first-order valence-corrected chi connectivity index (χ1v) is 12.0. The summed E-state index contributed by atoms with van der Waals surface area (Å²) in [5, 5.41) is 15.2. The predicted octanol–water partition coefficient (Wildman–Crippen LogP) is 1.74. The van der Waals surface area contributed by atoms with Crippen molar-refractivity contribution in [3.05, 3.63) is 60.2 Å². The molecule has 6 rings (SSSR count). The van der Waals surface area contributed by atoms with Gasteiger partial charge < -0.3 is 29.9 Å². The second kappa shape index (κ2) is 9.57. The van der Waals surface area contributed by atoms with Crippen LogP contribution in [0.15, 0.2) is 49.1 Å². The standard InChI is InChI=1S/C25H28N8O2/c34-22(19-14-27-25(28-15-19)33-7-5-26-6-8-33)18-3-1-17(2-4-18)21-13-20-23(31-21)29-16-30-24(20)32-9-11-35-12-10-32/h1-4,13-16,22,26,34H,5-12H2,(H,29,30,31). The van der Waals surface area contributed by atoms with Crippen molar-refractivity contribution in [2.24, 2.45) is 0 Å². The Morgan fingerprint density at radius 3 is 2.34 bits per heavy atom. The SMILES string of the molecule is OC(c1ccc(-c2cc3c(N4CCOCC4)ncnc3[nH]2)cc1)c1cnc(N2CCNCC2)nc1. The number of rotatable bonds is 5. The van der Waals surface area contributed by atoms with E-state index in [9.17, 15) is 5.11 Å². The number of aliphatic hydroxyl groups is 1. The van der Waals surface area contributed by atoms with Crippen molar-refractivity contribution in [1.29, 1.82) is 0 Å². The van der Waals surface area contributed by atoms with Crippen LogP contribution >= 0.6 is 0 Å². The van der Waals surface area contributed by atoms with Gasteiger partial charge >= 0.3 is 0 Å². The Hall–Kier alpha value is -3.60. The van der Waals surface area contributed by atoms with Crippen molar-refractivity contribution in [3.8, 4) is 11.3 Å². The van der Waals surface area contributed by atoms with Gasteiger partial charge in [-0.3, -0.25) is 0 Å². The third-order valence-electron chi connectivity index (χ3n) is 6.63. The molecule has 10 nitrogen and oxygen atoms in total. The molecule has 2 fully saturated rings. The van der Waals surface area contributed by atoms with Crippen LogP contribution in [-0.2, 0) is 4.74 Å². The van der Waals surface area contributed by atoms with Gasteiger partial charge in [-0.15, -0.1) is 0 Å². The molecule has 0 bridgehead atoms. The molecule has 0 saturated carbocycles. The lowest BCUT2D eigenvalue weighted by molar-refractivity contribution is 0.122. The zero-order chi connectivity index (χ0) is 23.6. The van der Waals surface area contributed by atoms with E-state index in [1.54, 1.807) is 18.7 Å². The van der Waals surface area contributed by atoms with Gasteiger partial charge in [0.1, 0.15) is 23.9 Å². The van der Waals surface area contributed by atoms with E-state index in [2.05, 4.69) is 46.1 Å². The molecule has 35 heavy (non-hydrogen) atoms. The number of ether oxygens (including phenoxy) is 1. The third kappa shape index (κ3) is 4.43. The number of nitrogens with zero attached hydrogens (tertiary/aromatic N) is 6. The first kappa shape index (κ1) is 21.9. The molecule has 2 aliphatic rings. The van der Waals surface area contributed by atoms with Gasteiger partial charge in [-0.05, 0) is 17.2 Å². The highest BCUT2D eigenvalue weighted by molar-refractivity contribution is 5.92. The van der Waals surface area contributed by atoms with Crippen molar-refractivity contribution < 1.29 is 9.84 Å². The highest BCUT2D eigenvalue weighted by Crippen LogP contribution is 2.30. The third-order valence-corrected chi connectivity index (χ3v) is 6.63. The molecular formula is C25H28N8O2. The van der Waals surface area contributed by atoms with E-state index in [1.165, 1.54) is 0 Å². The highest BCUT2D eigenvalue weighted by Gasteiger charge is 2.19. The fourth-order valence-corrected chi connectivity index (χ4v) is 4.65. The lowest BCUT2D eigenvalue weighted by atomic mass is 10.0. The van der Waals surface area contributed by atoms with E-state index in [1.807, 2.05) is 24.3 Å². The summed E-state index contributed by atoms with van der Waals surface area (Å²) in [6.07, 6.45) is 4.24. The number of hydrogen-bond donors (Lipinski definition) is 3. The second-order valence-corrected chi connectivity index (χ2v) is 8.82. The zero-order valence-electron chi connectivity index (χ0n) is 19.4. The van der Waals surface area contributed by atoms with Crippen LogP contribution in [-0.4, -0.2) is 82.5 Å². The molecule has 2 aliphatic heterocycles. The minimum Gasteiger partial charge on any atom is -0.384 e. The van der Waals surface area contributed by atoms with Gasteiger partial charge in [0.15, 0.2) is 0 Å². The molecule has 3 N–H and O–H groups in total. The minimum atomic E-state index is -0.789. The maximum Gasteiger partial charge on any atom is 0.225 e. The summed E-state index contributed by atoms with van der Waals surface area (Å²) in [5.74, 6) is 1.63. The Labute approximate surface area is 203 Å². The van der Waals surface area contributed by atoms with Gasteiger partial charge in [0.25, 0.3) is 0 Å². The zero-order valence-corrected chi connectivity index (χ0v) is 19.4. The topological polar surface area (TPSA) is 115 Å². The average Bonchev–Trinajstić information content (AvgIpc) is 3.38. The van der Waals surface area contributed by atoms with Crippen molar-refractivity contribution in [3.63, 3.8) is 0 Å². The van der Waals surface area contributed by atoms with E-state index in [0.29, 0.717) is 24.7 Å². The first-order chi connectivity index (χ1) is 17.3. The first-order valence-electron chi connectivity index (χ1n) is 12.0. The smallest absolute Gasteiger partial charge is 0.225 e. The van der Waals surface area contributed by atoms with E-state index in [4.69, 9.17) is 4.74 Å². The number of anilines is 2. The second-order valence-electron chi connectivity index (χ2n) is 8.82. The number of morpholine rings is 1. The van der Waals surface area contributed by atoms with Gasteiger partial charge in [-0.1, -0.05) is 24.3 Å². The summed E-state index contributed by atoms with van der Waals surface area (Å²) in [5.41, 5.74) is 4.24. The minimum absolute atomic E-state index is 0.674. The fraction of sp³-hybridized carbons (Fsp3) is 0.360. The molecule has 0 amide bonds. The molecule has 10 heteroatoms. The molecule has 0 aliphatic carbocycles. The number of piperazine rings is 1. The lowest BCUT2D eigenvalue weighted by Gasteiger charge is -2.27. The fourth-order valence-electron chi connectivity index (χ4n) is 4.65. The monoisotopic (exact) mass is 472 g/mol. The molecule has 1 aromatic carbocycles.